The Kier molecular flexibility index (Phi) is 4.54. The highest BCUT2D eigenvalue weighted by Gasteiger charge is 2.32. The molecule has 148 valence electrons. The fraction of sp³-hybridized carbons (Fsp3) is 0.190. The van der Waals surface area contributed by atoms with Crippen LogP contribution in [0.15, 0.2) is 46.9 Å². The number of carbonyl (C=O) groups excluding carboxylic acids is 3. The van der Waals surface area contributed by atoms with E-state index in [2.05, 4.69) is 5.32 Å². The van der Waals surface area contributed by atoms with Crippen molar-refractivity contribution in [1.29, 1.82) is 0 Å². The summed E-state index contributed by atoms with van der Waals surface area (Å²) in [6, 6.07) is 11.2. The highest BCUT2D eigenvalue weighted by atomic mass is 19.1. The van der Waals surface area contributed by atoms with Crippen molar-refractivity contribution in [3.63, 3.8) is 0 Å². The molecule has 2 heterocycles. The molecule has 1 N–H and O–H groups in total. The molecule has 29 heavy (non-hydrogen) atoms. The number of furan rings is 1. The number of nitrogens with one attached hydrogen (secondary N) is 1. The van der Waals surface area contributed by atoms with Gasteiger partial charge in [0, 0.05) is 10.9 Å². The summed E-state index contributed by atoms with van der Waals surface area (Å²) in [7, 11) is 0. The Bertz CT molecular complexity index is 1150. The summed E-state index contributed by atoms with van der Waals surface area (Å²) in [6.45, 7) is 2.83. The van der Waals surface area contributed by atoms with Crippen LogP contribution in [0, 0.1) is 12.7 Å². The van der Waals surface area contributed by atoms with Crippen molar-refractivity contribution in [2.75, 3.05) is 16.8 Å². The Morgan fingerprint density at radius 2 is 1.97 bits per heavy atom. The van der Waals surface area contributed by atoms with Crippen molar-refractivity contribution in [3.8, 4) is 0 Å². The van der Waals surface area contributed by atoms with E-state index in [-0.39, 0.29) is 23.8 Å². The number of anilines is 2. The topological polar surface area (TPSA) is 88.9 Å². The number of hydrogen-bond donors (Lipinski definition) is 1. The minimum absolute atomic E-state index is 0.0439. The third kappa shape index (κ3) is 3.22. The van der Waals surface area contributed by atoms with Gasteiger partial charge in [-0.2, -0.15) is 0 Å². The molecule has 0 radical (unpaired) electrons. The summed E-state index contributed by atoms with van der Waals surface area (Å²) >= 11 is 0. The molecule has 4 rings (SSSR count). The van der Waals surface area contributed by atoms with Crippen LogP contribution in [-0.4, -0.2) is 30.4 Å². The summed E-state index contributed by atoms with van der Waals surface area (Å²) in [6.07, 6.45) is -1.18. The van der Waals surface area contributed by atoms with Crippen molar-refractivity contribution < 1.29 is 27.9 Å². The molecule has 0 spiro atoms. The SMILES string of the molecule is Cc1c(C(=O)O[C@H](C)C(=O)N2CC(=O)Nc3ccccc32)oc2c(F)cccc12. The van der Waals surface area contributed by atoms with Crippen molar-refractivity contribution in [3.05, 3.63) is 59.6 Å². The molecule has 0 bridgehead atoms. The van der Waals surface area contributed by atoms with Crippen LogP contribution in [0.1, 0.15) is 23.0 Å². The van der Waals surface area contributed by atoms with Crippen molar-refractivity contribution in [1.82, 2.24) is 0 Å². The van der Waals surface area contributed by atoms with E-state index in [9.17, 15) is 18.8 Å². The summed E-state index contributed by atoms with van der Waals surface area (Å²) in [5, 5.41) is 3.14. The number of benzene rings is 2. The van der Waals surface area contributed by atoms with Crippen molar-refractivity contribution in [2.24, 2.45) is 0 Å². The van der Waals surface area contributed by atoms with Crippen LogP contribution in [-0.2, 0) is 14.3 Å². The van der Waals surface area contributed by atoms with Gasteiger partial charge in [0.05, 0.1) is 11.4 Å². The number of ether oxygens (including phenoxy) is 1. The molecule has 1 atom stereocenters. The van der Waals surface area contributed by atoms with Crippen LogP contribution in [0.5, 0.6) is 0 Å². The first-order valence-corrected chi connectivity index (χ1v) is 8.95. The number of aryl methyl sites for hydroxylation is 1. The van der Waals surface area contributed by atoms with Gasteiger partial charge in [0.25, 0.3) is 5.91 Å². The average molecular weight is 396 g/mol. The molecule has 2 aromatic carbocycles. The van der Waals surface area contributed by atoms with Gasteiger partial charge in [0.15, 0.2) is 17.5 Å². The monoisotopic (exact) mass is 396 g/mol. The molecule has 0 saturated heterocycles. The molecule has 0 aliphatic carbocycles. The first kappa shape index (κ1) is 18.7. The van der Waals surface area contributed by atoms with E-state index in [1.165, 1.54) is 24.0 Å². The molecule has 1 aliphatic heterocycles. The first-order chi connectivity index (χ1) is 13.9. The number of esters is 1. The van der Waals surface area contributed by atoms with Gasteiger partial charge < -0.3 is 14.5 Å². The molecule has 3 aromatic rings. The molecule has 1 aliphatic rings. The van der Waals surface area contributed by atoms with Crippen molar-refractivity contribution >= 4 is 40.1 Å². The minimum Gasteiger partial charge on any atom is -0.447 e. The smallest absolute Gasteiger partial charge is 0.375 e. The molecule has 0 saturated carbocycles. The summed E-state index contributed by atoms with van der Waals surface area (Å²) in [5.41, 5.74) is 1.39. The van der Waals surface area contributed by atoms with Gasteiger partial charge in [-0.15, -0.1) is 0 Å². The van der Waals surface area contributed by atoms with E-state index >= 15 is 0 Å². The van der Waals surface area contributed by atoms with E-state index < -0.39 is 23.8 Å². The third-order valence-corrected chi connectivity index (χ3v) is 4.77. The predicted molar refractivity (Wildman–Crippen MR) is 103 cm³/mol. The Balaban J connectivity index is 1.57. The van der Waals surface area contributed by atoms with Gasteiger partial charge in [-0.05, 0) is 32.0 Å². The molecule has 7 nitrogen and oxygen atoms in total. The maximum absolute atomic E-state index is 13.9. The maximum atomic E-state index is 13.9. The quantitative estimate of drug-likeness (QED) is 0.686. The normalized spacial score (nSPS) is 14.3. The second-order valence-electron chi connectivity index (χ2n) is 6.71. The van der Waals surface area contributed by atoms with Gasteiger partial charge >= 0.3 is 5.97 Å². The molecular formula is C21H17FN2O5. The minimum atomic E-state index is -1.18. The summed E-state index contributed by atoms with van der Waals surface area (Å²) in [4.78, 5) is 38.6. The van der Waals surface area contributed by atoms with Gasteiger partial charge in [0.2, 0.25) is 11.7 Å². The second-order valence-corrected chi connectivity index (χ2v) is 6.71. The van der Waals surface area contributed by atoms with Crippen LogP contribution < -0.4 is 10.2 Å². The summed E-state index contributed by atoms with van der Waals surface area (Å²) in [5.74, 6) is -2.54. The number of para-hydroxylation sites is 3. The van der Waals surface area contributed by atoms with Crippen LogP contribution in [0.4, 0.5) is 15.8 Å². The summed E-state index contributed by atoms with van der Waals surface area (Å²) < 4.78 is 24.5. The van der Waals surface area contributed by atoms with Gasteiger partial charge in [-0.25, -0.2) is 9.18 Å². The van der Waals surface area contributed by atoms with E-state index in [0.717, 1.165) is 0 Å². The highest BCUT2D eigenvalue weighted by Crippen LogP contribution is 2.30. The molecule has 0 unspecified atom stereocenters. The highest BCUT2D eigenvalue weighted by molar-refractivity contribution is 6.11. The van der Waals surface area contributed by atoms with Crippen LogP contribution in [0.2, 0.25) is 0 Å². The second kappa shape index (κ2) is 7.05. The number of halogens is 1. The maximum Gasteiger partial charge on any atom is 0.375 e. The van der Waals surface area contributed by atoms with Gasteiger partial charge in [-0.1, -0.05) is 24.3 Å². The van der Waals surface area contributed by atoms with E-state index in [0.29, 0.717) is 22.3 Å². The fourth-order valence-electron chi connectivity index (χ4n) is 3.32. The lowest BCUT2D eigenvalue weighted by Crippen LogP contribution is -2.47. The van der Waals surface area contributed by atoms with Gasteiger partial charge in [0.1, 0.15) is 6.54 Å². The molecule has 2 amide bonds. The molecule has 8 heteroatoms. The molecular weight excluding hydrogens is 379 g/mol. The lowest BCUT2D eigenvalue weighted by Gasteiger charge is -2.30. The Morgan fingerprint density at radius 3 is 2.72 bits per heavy atom. The average Bonchev–Trinajstić information content (AvgIpc) is 3.05. The first-order valence-electron chi connectivity index (χ1n) is 8.95. The number of carbonyl (C=O) groups is 3. The number of rotatable bonds is 3. The largest absolute Gasteiger partial charge is 0.447 e. The zero-order valence-corrected chi connectivity index (χ0v) is 15.7. The zero-order chi connectivity index (χ0) is 20.7. The Labute approximate surface area is 165 Å². The molecule has 1 aromatic heterocycles. The Hall–Kier alpha value is -3.68. The number of hydrogen-bond acceptors (Lipinski definition) is 5. The van der Waals surface area contributed by atoms with E-state index in [1.54, 1.807) is 37.3 Å². The van der Waals surface area contributed by atoms with Crippen LogP contribution in [0.3, 0.4) is 0 Å². The lowest BCUT2D eigenvalue weighted by atomic mass is 10.1. The number of fused-ring (bicyclic) bond motifs is 2. The lowest BCUT2D eigenvalue weighted by molar-refractivity contribution is -0.128. The third-order valence-electron chi connectivity index (χ3n) is 4.77. The Morgan fingerprint density at radius 1 is 1.21 bits per heavy atom. The molecule has 0 fully saturated rings. The standard InChI is InChI=1S/C21H17FN2O5/c1-11-13-6-5-7-14(22)19(13)29-18(11)21(27)28-12(2)20(26)24-10-17(25)23-15-8-3-4-9-16(15)24/h3-9,12H,10H2,1-2H3,(H,23,25)/t12-/m1/s1. The van der Waals surface area contributed by atoms with Gasteiger partial charge in [-0.3, -0.25) is 14.5 Å². The fourth-order valence-corrected chi connectivity index (χ4v) is 3.32. The predicted octanol–water partition coefficient (Wildman–Crippen LogP) is 3.41. The number of nitrogens with zero attached hydrogens (tertiary/aromatic N) is 1. The van der Waals surface area contributed by atoms with E-state index in [4.69, 9.17) is 9.15 Å². The van der Waals surface area contributed by atoms with Crippen molar-refractivity contribution in [2.45, 2.75) is 20.0 Å². The number of amides is 2. The zero-order valence-electron chi connectivity index (χ0n) is 15.7. The van der Waals surface area contributed by atoms with Crippen LogP contribution in [0.25, 0.3) is 11.0 Å². The van der Waals surface area contributed by atoms with Crippen LogP contribution >= 0.6 is 0 Å². The van der Waals surface area contributed by atoms with E-state index in [1.807, 2.05) is 0 Å².